The van der Waals surface area contributed by atoms with Crippen molar-refractivity contribution in [3.05, 3.63) is 56.8 Å². The van der Waals surface area contributed by atoms with E-state index in [2.05, 4.69) is 13.8 Å². The van der Waals surface area contributed by atoms with Crippen LogP contribution in [0.3, 0.4) is 0 Å². The van der Waals surface area contributed by atoms with Gasteiger partial charge in [-0.25, -0.2) is 4.79 Å². The molecular weight excluding hydrogens is 346 g/mol. The van der Waals surface area contributed by atoms with Crippen LogP contribution in [0.25, 0.3) is 0 Å². The molecule has 0 radical (unpaired) electrons. The summed E-state index contributed by atoms with van der Waals surface area (Å²) in [6.45, 7) is 5.68. The Morgan fingerprint density at radius 2 is 1.92 bits per heavy atom. The van der Waals surface area contributed by atoms with Crippen molar-refractivity contribution >= 4 is 23.2 Å². The summed E-state index contributed by atoms with van der Waals surface area (Å²) in [6.07, 6.45) is 3.58. The molecule has 0 saturated carbocycles. The number of amides is 1. The van der Waals surface area contributed by atoms with Gasteiger partial charge in [-0.2, -0.15) is 0 Å². The third kappa shape index (κ3) is 3.98. The Morgan fingerprint density at radius 3 is 2.54 bits per heavy atom. The van der Waals surface area contributed by atoms with Crippen molar-refractivity contribution in [3.63, 3.8) is 0 Å². The number of carboxylic acids is 1. The third-order valence-electron chi connectivity index (χ3n) is 5.21. The van der Waals surface area contributed by atoms with Gasteiger partial charge in [-0.05, 0) is 61.8 Å². The average molecular weight is 372 g/mol. The number of likely N-dealkylation sites (tertiary alicyclic amines) is 1. The van der Waals surface area contributed by atoms with Crippen molar-refractivity contribution in [2.24, 2.45) is 5.92 Å². The van der Waals surface area contributed by atoms with Crippen LogP contribution in [0.15, 0.2) is 30.3 Å². The fourth-order valence-electron chi connectivity index (χ4n) is 3.69. The Hall–Kier alpha value is -2.14. The molecule has 2 heterocycles. The highest BCUT2D eigenvalue weighted by molar-refractivity contribution is 7.14. The number of hydrogen-bond donors (Lipinski definition) is 1. The largest absolute Gasteiger partial charge is 0.478 e. The number of carboxylic acid groups (broad SMARTS) is 1. The first-order chi connectivity index (χ1) is 12.5. The van der Waals surface area contributed by atoms with E-state index in [0.29, 0.717) is 11.5 Å². The van der Waals surface area contributed by atoms with Gasteiger partial charge in [0.15, 0.2) is 0 Å². The van der Waals surface area contributed by atoms with Gasteiger partial charge in [0, 0.05) is 18.0 Å². The van der Waals surface area contributed by atoms with Crippen molar-refractivity contribution < 1.29 is 14.7 Å². The highest BCUT2D eigenvalue weighted by Gasteiger charge is 2.26. The second-order valence-electron chi connectivity index (χ2n) is 6.97. The molecule has 2 aromatic rings. The van der Waals surface area contributed by atoms with E-state index in [9.17, 15) is 14.7 Å². The van der Waals surface area contributed by atoms with Crippen LogP contribution in [-0.2, 0) is 12.8 Å². The number of piperidine rings is 1. The predicted octanol–water partition coefficient (Wildman–Crippen LogP) is 4.41. The second kappa shape index (κ2) is 8.04. The van der Waals surface area contributed by atoms with Gasteiger partial charge in [0.2, 0.25) is 0 Å². The summed E-state index contributed by atoms with van der Waals surface area (Å²) in [7, 11) is 0. The number of thiophene rings is 1. The molecule has 4 nitrogen and oxygen atoms in total. The van der Waals surface area contributed by atoms with Crippen LogP contribution in [0.2, 0.25) is 0 Å². The normalized spacial score (nSPS) is 15.2. The molecule has 1 fully saturated rings. The van der Waals surface area contributed by atoms with Crippen LogP contribution in [0, 0.1) is 12.8 Å². The molecule has 1 aromatic heterocycles. The molecule has 138 valence electrons. The number of aryl methyl sites for hydroxylation is 2. The first kappa shape index (κ1) is 18.6. The van der Waals surface area contributed by atoms with E-state index in [-0.39, 0.29) is 5.91 Å². The molecule has 0 bridgehead atoms. The minimum Gasteiger partial charge on any atom is -0.478 e. The summed E-state index contributed by atoms with van der Waals surface area (Å²) in [4.78, 5) is 28.2. The topological polar surface area (TPSA) is 57.6 Å². The number of carbonyl (C=O) groups excluding carboxylic acids is 1. The molecule has 26 heavy (non-hydrogen) atoms. The van der Waals surface area contributed by atoms with Crippen molar-refractivity contribution in [1.82, 2.24) is 4.90 Å². The molecule has 0 spiro atoms. The highest BCUT2D eigenvalue weighted by atomic mass is 32.1. The molecule has 1 aliphatic rings. The lowest BCUT2D eigenvalue weighted by Gasteiger charge is -2.32. The van der Waals surface area contributed by atoms with Gasteiger partial charge in [0.25, 0.3) is 5.91 Å². The lowest BCUT2D eigenvalue weighted by molar-refractivity contribution is 0.0694. The van der Waals surface area contributed by atoms with Crippen LogP contribution >= 0.6 is 11.3 Å². The molecule has 5 heteroatoms. The van der Waals surface area contributed by atoms with Crippen LogP contribution in [-0.4, -0.2) is 35.0 Å². The van der Waals surface area contributed by atoms with Gasteiger partial charge in [-0.15, -0.1) is 11.3 Å². The summed E-state index contributed by atoms with van der Waals surface area (Å²) in [5, 5.41) is 9.33. The van der Waals surface area contributed by atoms with Crippen LogP contribution in [0.5, 0.6) is 0 Å². The zero-order valence-electron chi connectivity index (χ0n) is 15.3. The lowest BCUT2D eigenvalue weighted by atomic mass is 9.88. The molecule has 1 N–H and O–H groups in total. The number of carbonyl (C=O) groups is 2. The summed E-state index contributed by atoms with van der Waals surface area (Å²) in [5.74, 6) is -0.300. The number of hydrogen-bond acceptors (Lipinski definition) is 3. The van der Waals surface area contributed by atoms with E-state index in [1.807, 2.05) is 23.1 Å². The molecule has 0 unspecified atom stereocenters. The van der Waals surface area contributed by atoms with Crippen LogP contribution < -0.4 is 0 Å². The van der Waals surface area contributed by atoms with Gasteiger partial charge in [-0.1, -0.05) is 25.1 Å². The zero-order chi connectivity index (χ0) is 18.7. The highest BCUT2D eigenvalue weighted by Crippen LogP contribution is 2.27. The van der Waals surface area contributed by atoms with Crippen molar-refractivity contribution in [1.29, 1.82) is 0 Å². The Balaban J connectivity index is 1.61. The standard InChI is InChI=1S/C21H25NO3S/c1-3-18-14(2)12-19(26-18)20(23)22-10-8-15(9-11-22)13-16-6-4-5-7-17(16)21(24)25/h4-7,12,15H,3,8-11,13H2,1-2H3,(H,24,25). The van der Waals surface area contributed by atoms with Crippen molar-refractivity contribution in [2.45, 2.75) is 39.5 Å². The van der Waals surface area contributed by atoms with Crippen LogP contribution in [0.1, 0.15) is 55.8 Å². The summed E-state index contributed by atoms with van der Waals surface area (Å²) >= 11 is 1.61. The van der Waals surface area contributed by atoms with Crippen molar-refractivity contribution in [3.8, 4) is 0 Å². The quantitative estimate of drug-likeness (QED) is 0.847. The van der Waals surface area contributed by atoms with Gasteiger partial charge >= 0.3 is 5.97 Å². The molecule has 1 aromatic carbocycles. The molecule has 3 rings (SSSR count). The van der Waals surface area contributed by atoms with E-state index in [4.69, 9.17) is 0 Å². The summed E-state index contributed by atoms with van der Waals surface area (Å²) < 4.78 is 0. The van der Waals surface area contributed by atoms with E-state index in [1.165, 1.54) is 10.4 Å². The fourth-order valence-corrected chi connectivity index (χ4v) is 4.77. The number of aromatic carboxylic acids is 1. The Bertz CT molecular complexity index is 803. The smallest absolute Gasteiger partial charge is 0.335 e. The second-order valence-corrected chi connectivity index (χ2v) is 8.11. The molecule has 0 atom stereocenters. The number of benzene rings is 1. The SMILES string of the molecule is CCc1sc(C(=O)N2CCC(Cc3ccccc3C(=O)O)CC2)cc1C. The number of rotatable bonds is 5. The molecule has 1 amide bonds. The summed E-state index contributed by atoms with van der Waals surface area (Å²) in [5.41, 5.74) is 2.50. The van der Waals surface area contributed by atoms with Gasteiger partial charge < -0.3 is 10.0 Å². The monoisotopic (exact) mass is 371 g/mol. The third-order valence-corrected chi connectivity index (χ3v) is 6.58. The van der Waals surface area contributed by atoms with Crippen LogP contribution in [0.4, 0.5) is 0 Å². The fraction of sp³-hybridized carbons (Fsp3) is 0.429. The first-order valence-electron chi connectivity index (χ1n) is 9.19. The van der Waals surface area contributed by atoms with Gasteiger partial charge in [-0.3, -0.25) is 4.79 Å². The number of nitrogens with zero attached hydrogens (tertiary/aromatic N) is 1. The maximum atomic E-state index is 12.7. The lowest BCUT2D eigenvalue weighted by Crippen LogP contribution is -2.38. The molecule has 0 aliphatic carbocycles. The van der Waals surface area contributed by atoms with E-state index in [1.54, 1.807) is 23.5 Å². The minimum absolute atomic E-state index is 0.141. The molecular formula is C21H25NO3S. The maximum Gasteiger partial charge on any atom is 0.335 e. The van der Waals surface area contributed by atoms with Gasteiger partial charge in [0.1, 0.15) is 0 Å². The Kier molecular flexibility index (Phi) is 5.77. The van der Waals surface area contributed by atoms with Crippen molar-refractivity contribution in [2.75, 3.05) is 13.1 Å². The molecule has 1 aliphatic heterocycles. The Morgan fingerprint density at radius 1 is 1.23 bits per heavy atom. The van der Waals surface area contributed by atoms with E-state index >= 15 is 0 Å². The zero-order valence-corrected chi connectivity index (χ0v) is 16.1. The average Bonchev–Trinajstić information content (AvgIpc) is 3.03. The Labute approximate surface area is 158 Å². The van der Waals surface area contributed by atoms with E-state index < -0.39 is 5.97 Å². The maximum absolute atomic E-state index is 12.7. The predicted molar refractivity (Wildman–Crippen MR) is 104 cm³/mol. The molecule has 1 saturated heterocycles. The summed E-state index contributed by atoms with van der Waals surface area (Å²) in [6, 6.07) is 9.25. The minimum atomic E-state index is -0.868. The first-order valence-corrected chi connectivity index (χ1v) is 10.0. The van der Waals surface area contributed by atoms with Gasteiger partial charge in [0.05, 0.1) is 10.4 Å². The van der Waals surface area contributed by atoms with E-state index in [0.717, 1.165) is 49.2 Å².